The van der Waals surface area contributed by atoms with E-state index in [1.54, 1.807) is 18.2 Å². The molecule has 3 nitrogen and oxygen atoms in total. The third-order valence-corrected chi connectivity index (χ3v) is 2.61. The van der Waals surface area contributed by atoms with Crippen LogP contribution < -0.4 is 10.5 Å². The van der Waals surface area contributed by atoms with E-state index in [0.29, 0.717) is 11.1 Å². The van der Waals surface area contributed by atoms with E-state index < -0.39 is 6.36 Å². The van der Waals surface area contributed by atoms with E-state index >= 15 is 0 Å². The highest BCUT2D eigenvalue weighted by Crippen LogP contribution is 2.32. The second-order valence-electron chi connectivity index (χ2n) is 3.95. The second kappa shape index (κ2) is 5.13. The van der Waals surface area contributed by atoms with Gasteiger partial charge in [0.05, 0.1) is 11.3 Å². The van der Waals surface area contributed by atoms with Gasteiger partial charge in [-0.25, -0.2) is 0 Å². The van der Waals surface area contributed by atoms with Gasteiger partial charge in [-0.05, 0) is 23.8 Å². The molecule has 2 N–H and O–H groups in total. The van der Waals surface area contributed by atoms with Gasteiger partial charge in [0, 0.05) is 5.56 Å². The first-order valence-electron chi connectivity index (χ1n) is 5.55. The number of nitrogen functional groups attached to an aromatic ring is 1. The lowest BCUT2D eigenvalue weighted by Crippen LogP contribution is -2.17. The zero-order valence-corrected chi connectivity index (χ0v) is 10.1. The highest BCUT2D eigenvalue weighted by Gasteiger charge is 2.31. The minimum absolute atomic E-state index is 0.221. The van der Waals surface area contributed by atoms with Crippen LogP contribution in [-0.2, 0) is 0 Å². The molecule has 0 radical (unpaired) electrons. The van der Waals surface area contributed by atoms with E-state index in [4.69, 9.17) is 11.0 Å². The molecule has 0 saturated carbocycles. The lowest BCUT2D eigenvalue weighted by atomic mass is 10.0. The number of hydrogen-bond donors (Lipinski definition) is 1. The van der Waals surface area contributed by atoms with Gasteiger partial charge in [0.25, 0.3) is 0 Å². The molecule has 0 aliphatic rings. The lowest BCUT2D eigenvalue weighted by molar-refractivity contribution is -0.274. The fourth-order valence-corrected chi connectivity index (χ4v) is 1.78. The first-order valence-corrected chi connectivity index (χ1v) is 5.55. The van der Waals surface area contributed by atoms with Crippen LogP contribution in [0.25, 0.3) is 11.1 Å². The Morgan fingerprint density at radius 3 is 2.45 bits per heavy atom. The van der Waals surface area contributed by atoms with Crippen LogP contribution in [0, 0.1) is 11.3 Å². The Balaban J connectivity index is 2.44. The molecule has 0 atom stereocenters. The maximum atomic E-state index is 12.2. The van der Waals surface area contributed by atoms with Gasteiger partial charge in [-0.1, -0.05) is 24.3 Å². The van der Waals surface area contributed by atoms with E-state index in [1.807, 2.05) is 6.07 Å². The highest BCUT2D eigenvalue weighted by atomic mass is 19.4. The molecular weight excluding hydrogens is 269 g/mol. The Morgan fingerprint density at radius 2 is 1.80 bits per heavy atom. The lowest BCUT2D eigenvalue weighted by Gasteiger charge is -2.11. The van der Waals surface area contributed by atoms with Crippen molar-refractivity contribution in [1.29, 1.82) is 5.26 Å². The average Bonchev–Trinajstić information content (AvgIpc) is 2.37. The van der Waals surface area contributed by atoms with Crippen LogP contribution in [-0.4, -0.2) is 6.36 Å². The molecule has 0 saturated heterocycles. The average molecular weight is 278 g/mol. The summed E-state index contributed by atoms with van der Waals surface area (Å²) < 4.78 is 40.4. The SMILES string of the molecule is N#Cc1cccc(-c2cccc(OC(F)(F)F)c2)c1N. The summed E-state index contributed by atoms with van der Waals surface area (Å²) in [4.78, 5) is 0. The van der Waals surface area contributed by atoms with Crippen LogP contribution in [0.3, 0.4) is 0 Å². The Labute approximate surface area is 113 Å². The number of nitrogens with zero attached hydrogens (tertiary/aromatic N) is 1. The molecule has 2 aromatic rings. The smallest absolute Gasteiger partial charge is 0.406 e. The van der Waals surface area contributed by atoms with Gasteiger partial charge in [-0.2, -0.15) is 5.26 Å². The number of para-hydroxylation sites is 1. The molecule has 0 aliphatic carbocycles. The van der Waals surface area contributed by atoms with Gasteiger partial charge in [0.1, 0.15) is 11.8 Å². The zero-order valence-electron chi connectivity index (χ0n) is 10.1. The van der Waals surface area contributed by atoms with E-state index in [1.165, 1.54) is 24.3 Å². The monoisotopic (exact) mass is 278 g/mol. The van der Waals surface area contributed by atoms with Crippen molar-refractivity contribution in [2.24, 2.45) is 0 Å². The maximum absolute atomic E-state index is 12.2. The van der Waals surface area contributed by atoms with Gasteiger partial charge in [0.15, 0.2) is 0 Å². The third kappa shape index (κ3) is 3.01. The second-order valence-corrected chi connectivity index (χ2v) is 3.95. The number of alkyl halides is 3. The number of rotatable bonds is 2. The van der Waals surface area contributed by atoms with Crippen LogP contribution in [0.1, 0.15) is 5.56 Å². The molecule has 20 heavy (non-hydrogen) atoms. The molecule has 0 unspecified atom stereocenters. The number of ether oxygens (including phenoxy) is 1. The van der Waals surface area contributed by atoms with Crippen LogP contribution in [0.2, 0.25) is 0 Å². The Bertz CT molecular complexity index is 675. The Kier molecular flexibility index (Phi) is 3.53. The number of halogens is 3. The first-order chi connectivity index (χ1) is 9.40. The van der Waals surface area contributed by atoms with Crippen molar-refractivity contribution in [3.05, 3.63) is 48.0 Å². The topological polar surface area (TPSA) is 59.0 Å². The van der Waals surface area contributed by atoms with E-state index in [0.717, 1.165) is 0 Å². The third-order valence-electron chi connectivity index (χ3n) is 2.61. The van der Waals surface area contributed by atoms with Gasteiger partial charge in [0.2, 0.25) is 0 Å². The van der Waals surface area contributed by atoms with Crippen molar-refractivity contribution >= 4 is 5.69 Å². The van der Waals surface area contributed by atoms with Crippen molar-refractivity contribution in [3.8, 4) is 22.9 Å². The molecular formula is C14H9F3N2O. The number of nitrogens with two attached hydrogens (primary N) is 1. The minimum atomic E-state index is -4.75. The molecule has 102 valence electrons. The minimum Gasteiger partial charge on any atom is -0.406 e. The Hall–Kier alpha value is -2.68. The van der Waals surface area contributed by atoms with Crippen LogP contribution in [0.15, 0.2) is 42.5 Å². The number of benzene rings is 2. The summed E-state index contributed by atoms with van der Waals surface area (Å²) in [7, 11) is 0. The number of hydrogen-bond acceptors (Lipinski definition) is 3. The summed E-state index contributed by atoms with van der Waals surface area (Å²) in [5.41, 5.74) is 7.24. The van der Waals surface area contributed by atoms with E-state index in [2.05, 4.69) is 4.74 Å². The van der Waals surface area contributed by atoms with E-state index in [9.17, 15) is 13.2 Å². The van der Waals surface area contributed by atoms with Crippen molar-refractivity contribution in [1.82, 2.24) is 0 Å². The predicted octanol–water partition coefficient (Wildman–Crippen LogP) is 3.71. The summed E-state index contributed by atoms with van der Waals surface area (Å²) in [6.07, 6.45) is -4.75. The van der Waals surface area contributed by atoms with Crippen molar-refractivity contribution in [3.63, 3.8) is 0 Å². The standard InChI is InChI=1S/C14H9F3N2O/c15-14(16,17)20-11-5-1-3-9(7-11)12-6-2-4-10(8-18)13(12)19/h1-7H,19H2. The molecule has 0 amide bonds. The maximum Gasteiger partial charge on any atom is 0.573 e. The molecule has 0 bridgehead atoms. The van der Waals surface area contributed by atoms with Gasteiger partial charge in [-0.15, -0.1) is 13.2 Å². The summed E-state index contributed by atoms with van der Waals surface area (Å²) >= 11 is 0. The highest BCUT2D eigenvalue weighted by molar-refractivity contribution is 5.80. The molecule has 6 heteroatoms. The fourth-order valence-electron chi connectivity index (χ4n) is 1.78. The van der Waals surface area contributed by atoms with Gasteiger partial charge < -0.3 is 10.5 Å². The van der Waals surface area contributed by atoms with E-state index in [-0.39, 0.29) is 17.0 Å². The van der Waals surface area contributed by atoms with Gasteiger partial charge in [-0.3, -0.25) is 0 Å². The van der Waals surface area contributed by atoms with Crippen molar-refractivity contribution in [2.75, 3.05) is 5.73 Å². The number of nitriles is 1. The molecule has 0 heterocycles. The summed E-state index contributed by atoms with van der Waals surface area (Å²) in [6, 6.07) is 12.1. The van der Waals surface area contributed by atoms with Crippen LogP contribution >= 0.6 is 0 Å². The van der Waals surface area contributed by atoms with Crippen LogP contribution in [0.5, 0.6) is 5.75 Å². The van der Waals surface area contributed by atoms with Gasteiger partial charge >= 0.3 is 6.36 Å². The predicted molar refractivity (Wildman–Crippen MR) is 67.7 cm³/mol. The van der Waals surface area contributed by atoms with Crippen molar-refractivity contribution < 1.29 is 17.9 Å². The fraction of sp³-hybridized carbons (Fsp3) is 0.0714. The quantitative estimate of drug-likeness (QED) is 0.852. The molecule has 2 rings (SSSR count). The molecule has 0 aliphatic heterocycles. The summed E-state index contributed by atoms with van der Waals surface area (Å²) in [6.45, 7) is 0. The van der Waals surface area contributed by atoms with Crippen LogP contribution in [0.4, 0.5) is 18.9 Å². The summed E-state index contributed by atoms with van der Waals surface area (Å²) in [5, 5.41) is 8.89. The Morgan fingerprint density at radius 1 is 1.10 bits per heavy atom. The molecule has 0 aromatic heterocycles. The molecule has 2 aromatic carbocycles. The molecule has 0 spiro atoms. The normalized spacial score (nSPS) is 10.9. The number of anilines is 1. The summed E-state index contributed by atoms with van der Waals surface area (Å²) in [5.74, 6) is -0.336. The largest absolute Gasteiger partial charge is 0.573 e. The molecule has 0 fully saturated rings. The zero-order chi connectivity index (χ0) is 14.8. The first kappa shape index (κ1) is 13.7. The van der Waals surface area contributed by atoms with Crippen molar-refractivity contribution in [2.45, 2.75) is 6.36 Å².